The van der Waals surface area contributed by atoms with E-state index in [4.69, 9.17) is 10.5 Å². The van der Waals surface area contributed by atoms with Crippen LogP contribution in [-0.4, -0.2) is 30.3 Å². The highest BCUT2D eigenvalue weighted by atomic mass is 16.5. The first-order valence-electron chi connectivity index (χ1n) is 11.9. The number of nitrogens with two attached hydrogens (primary N) is 1. The lowest BCUT2D eigenvalue weighted by atomic mass is 9.46. The van der Waals surface area contributed by atoms with Gasteiger partial charge in [-0.3, -0.25) is 4.79 Å². The smallest absolute Gasteiger partial charge is 0.305 e. The van der Waals surface area contributed by atoms with Crippen molar-refractivity contribution in [1.82, 2.24) is 0 Å². The summed E-state index contributed by atoms with van der Waals surface area (Å²) in [6.45, 7) is 4.86. The standard InChI is InChI=1S/C24H41NO3/c1-14(4-9-22(27)28-3)17-5-6-19-18(17)7-8-20-23(19)21(26)13-15-12-16(25)10-11-24(15,20)2/h14-21,23,26H,4-13,25H2,1-3H3/t14-,15+,16-,17-,18?,19-,20+,21+,23+,24+/m1/s1. The van der Waals surface area contributed by atoms with Crippen LogP contribution in [-0.2, 0) is 9.53 Å². The zero-order chi connectivity index (χ0) is 20.1. The van der Waals surface area contributed by atoms with Crippen molar-refractivity contribution in [2.45, 2.75) is 90.2 Å². The molecule has 4 aliphatic carbocycles. The molecule has 10 atom stereocenters. The number of hydrogen-bond donors (Lipinski definition) is 2. The van der Waals surface area contributed by atoms with Crippen molar-refractivity contribution in [1.29, 1.82) is 0 Å². The van der Waals surface area contributed by atoms with E-state index in [1.54, 1.807) is 0 Å². The Morgan fingerprint density at radius 1 is 1.18 bits per heavy atom. The average molecular weight is 392 g/mol. The molecule has 0 spiro atoms. The number of aliphatic hydroxyl groups excluding tert-OH is 1. The molecule has 4 rings (SSSR count). The summed E-state index contributed by atoms with van der Waals surface area (Å²) < 4.78 is 4.84. The Morgan fingerprint density at radius 2 is 1.93 bits per heavy atom. The molecule has 3 N–H and O–H groups in total. The highest BCUT2D eigenvalue weighted by molar-refractivity contribution is 5.69. The molecule has 4 saturated carbocycles. The van der Waals surface area contributed by atoms with E-state index < -0.39 is 0 Å². The third kappa shape index (κ3) is 3.43. The predicted molar refractivity (Wildman–Crippen MR) is 110 cm³/mol. The average Bonchev–Trinajstić information content (AvgIpc) is 3.11. The van der Waals surface area contributed by atoms with E-state index in [-0.39, 0.29) is 12.1 Å². The molecule has 4 aliphatic rings. The van der Waals surface area contributed by atoms with Crippen LogP contribution in [0.4, 0.5) is 0 Å². The van der Waals surface area contributed by atoms with Gasteiger partial charge in [-0.15, -0.1) is 0 Å². The van der Waals surface area contributed by atoms with Gasteiger partial charge in [-0.25, -0.2) is 0 Å². The highest BCUT2D eigenvalue weighted by Crippen LogP contribution is 2.64. The minimum Gasteiger partial charge on any atom is -0.469 e. The van der Waals surface area contributed by atoms with Gasteiger partial charge in [-0.1, -0.05) is 13.8 Å². The Morgan fingerprint density at radius 3 is 2.68 bits per heavy atom. The summed E-state index contributed by atoms with van der Waals surface area (Å²) in [6.07, 6.45) is 11.0. The Bertz CT molecular complexity index is 580. The Kier molecular flexibility index (Phi) is 5.83. The van der Waals surface area contributed by atoms with Gasteiger partial charge >= 0.3 is 5.97 Å². The van der Waals surface area contributed by atoms with Gasteiger partial charge in [0.25, 0.3) is 0 Å². The number of carbonyl (C=O) groups is 1. The van der Waals surface area contributed by atoms with E-state index in [0.29, 0.717) is 53.4 Å². The zero-order valence-corrected chi connectivity index (χ0v) is 18.1. The van der Waals surface area contributed by atoms with Crippen LogP contribution in [0.2, 0.25) is 0 Å². The largest absolute Gasteiger partial charge is 0.469 e. The van der Waals surface area contributed by atoms with Crippen LogP contribution in [0, 0.1) is 46.8 Å². The molecule has 0 saturated heterocycles. The minimum atomic E-state index is -0.134. The van der Waals surface area contributed by atoms with Gasteiger partial charge in [-0.05, 0) is 105 Å². The Balaban J connectivity index is 1.47. The fourth-order valence-electron chi connectivity index (χ4n) is 8.35. The van der Waals surface area contributed by atoms with Gasteiger partial charge in [0.15, 0.2) is 0 Å². The number of carbonyl (C=O) groups excluding carboxylic acids is 1. The summed E-state index contributed by atoms with van der Waals surface area (Å²) in [6, 6.07) is 0.338. The quantitative estimate of drug-likeness (QED) is 0.706. The first-order chi connectivity index (χ1) is 13.3. The normalized spacial score (nSPS) is 48.9. The first kappa shape index (κ1) is 20.7. The van der Waals surface area contributed by atoms with Crippen molar-refractivity contribution in [3.63, 3.8) is 0 Å². The second kappa shape index (κ2) is 7.91. The monoisotopic (exact) mass is 391 g/mol. The van der Waals surface area contributed by atoms with E-state index in [0.717, 1.165) is 31.6 Å². The number of esters is 1. The lowest BCUT2D eigenvalue weighted by Crippen LogP contribution is -2.57. The predicted octanol–water partition coefficient (Wildman–Crippen LogP) is 4.14. The van der Waals surface area contributed by atoms with Crippen LogP contribution in [0.5, 0.6) is 0 Å². The van der Waals surface area contributed by atoms with Gasteiger partial charge in [0.1, 0.15) is 0 Å². The molecule has 4 heteroatoms. The third-order valence-corrected chi connectivity index (χ3v) is 9.86. The molecule has 0 aromatic rings. The van der Waals surface area contributed by atoms with E-state index in [2.05, 4.69) is 13.8 Å². The summed E-state index contributed by atoms with van der Waals surface area (Å²) in [5.74, 6) is 4.42. The molecule has 0 aromatic heterocycles. The zero-order valence-electron chi connectivity index (χ0n) is 18.1. The van der Waals surface area contributed by atoms with Gasteiger partial charge < -0.3 is 15.6 Å². The molecule has 4 nitrogen and oxygen atoms in total. The number of fused-ring (bicyclic) bond motifs is 5. The maximum atomic E-state index is 11.6. The SMILES string of the molecule is COC(=O)CC[C@@H](C)[C@H]1CC[C@@H]2C1CC[C@H]1[C@H]2[C@@H](O)C[C@@H]2C[C@H](N)CC[C@@]21C. The second-order valence-corrected chi connectivity index (χ2v) is 11.0. The molecule has 0 radical (unpaired) electrons. The van der Waals surface area contributed by atoms with Crippen molar-refractivity contribution in [3.05, 3.63) is 0 Å². The topological polar surface area (TPSA) is 72.5 Å². The van der Waals surface area contributed by atoms with Crippen molar-refractivity contribution in [2.75, 3.05) is 7.11 Å². The summed E-state index contributed by atoms with van der Waals surface area (Å²) >= 11 is 0. The fourth-order valence-corrected chi connectivity index (χ4v) is 8.35. The van der Waals surface area contributed by atoms with Crippen molar-refractivity contribution in [2.24, 2.45) is 52.6 Å². The van der Waals surface area contributed by atoms with Crippen LogP contribution in [0.1, 0.15) is 78.1 Å². The van der Waals surface area contributed by atoms with E-state index in [1.807, 2.05) is 0 Å². The first-order valence-corrected chi connectivity index (χ1v) is 11.9. The number of ether oxygens (including phenoxy) is 1. The van der Waals surface area contributed by atoms with Gasteiger partial charge in [0.2, 0.25) is 0 Å². The molecule has 4 fully saturated rings. The molecule has 160 valence electrons. The van der Waals surface area contributed by atoms with E-state index >= 15 is 0 Å². The summed E-state index contributed by atoms with van der Waals surface area (Å²) in [7, 11) is 1.48. The van der Waals surface area contributed by atoms with Gasteiger partial charge in [0, 0.05) is 12.5 Å². The van der Waals surface area contributed by atoms with Gasteiger partial charge in [0.05, 0.1) is 13.2 Å². The number of rotatable bonds is 4. The second-order valence-electron chi connectivity index (χ2n) is 11.0. The summed E-state index contributed by atoms with van der Waals surface area (Å²) in [5.41, 5.74) is 6.68. The molecular formula is C24H41NO3. The third-order valence-electron chi connectivity index (χ3n) is 9.86. The highest BCUT2D eigenvalue weighted by Gasteiger charge is 2.59. The molecule has 0 heterocycles. The lowest BCUT2D eigenvalue weighted by molar-refractivity contribution is -0.148. The van der Waals surface area contributed by atoms with Crippen LogP contribution in [0.25, 0.3) is 0 Å². The molecule has 28 heavy (non-hydrogen) atoms. The summed E-state index contributed by atoms with van der Waals surface area (Å²) in [4.78, 5) is 11.6. The summed E-state index contributed by atoms with van der Waals surface area (Å²) in [5, 5.41) is 11.2. The number of hydrogen-bond acceptors (Lipinski definition) is 4. The van der Waals surface area contributed by atoms with Gasteiger partial charge in [-0.2, -0.15) is 0 Å². The molecule has 1 unspecified atom stereocenters. The lowest BCUT2D eigenvalue weighted by Gasteiger charge is -2.60. The van der Waals surface area contributed by atoms with Crippen LogP contribution < -0.4 is 5.73 Å². The van der Waals surface area contributed by atoms with Crippen LogP contribution >= 0.6 is 0 Å². The van der Waals surface area contributed by atoms with Crippen molar-refractivity contribution in [3.8, 4) is 0 Å². The van der Waals surface area contributed by atoms with Crippen LogP contribution in [0.3, 0.4) is 0 Å². The van der Waals surface area contributed by atoms with Crippen LogP contribution in [0.15, 0.2) is 0 Å². The molecule has 0 aliphatic heterocycles. The van der Waals surface area contributed by atoms with E-state index in [9.17, 15) is 9.90 Å². The van der Waals surface area contributed by atoms with E-state index in [1.165, 1.54) is 39.2 Å². The maximum Gasteiger partial charge on any atom is 0.305 e. The maximum absolute atomic E-state index is 11.6. The number of methoxy groups -OCH3 is 1. The molecule has 0 aromatic carbocycles. The molecular weight excluding hydrogens is 350 g/mol. The fraction of sp³-hybridized carbons (Fsp3) is 0.958. The van der Waals surface area contributed by atoms with Crippen molar-refractivity contribution >= 4 is 5.97 Å². The minimum absolute atomic E-state index is 0.0812. The van der Waals surface area contributed by atoms with Crippen molar-refractivity contribution < 1.29 is 14.6 Å². The molecule has 0 amide bonds. The number of aliphatic hydroxyl groups is 1. The Labute approximate surface area is 171 Å². The molecule has 0 bridgehead atoms. The Hall–Kier alpha value is -0.610.